The average molecular weight is 358 g/mol. The molecule has 0 spiro atoms. The number of ether oxygens (including phenoxy) is 1. The van der Waals surface area contributed by atoms with Gasteiger partial charge in [0.1, 0.15) is 23.2 Å². The number of nitrogens with one attached hydrogen (secondary N) is 1. The van der Waals surface area contributed by atoms with E-state index in [-0.39, 0.29) is 5.57 Å². The molecule has 0 fully saturated rings. The number of anilines is 1. The van der Waals surface area contributed by atoms with Gasteiger partial charge in [-0.2, -0.15) is 5.26 Å². The molecule has 27 heavy (non-hydrogen) atoms. The Labute approximate surface area is 156 Å². The predicted molar refractivity (Wildman–Crippen MR) is 102 cm³/mol. The molecule has 4 nitrogen and oxygen atoms in total. The topological polar surface area (TPSA) is 62.1 Å². The van der Waals surface area contributed by atoms with Crippen molar-refractivity contribution in [1.29, 1.82) is 5.26 Å². The van der Waals surface area contributed by atoms with E-state index >= 15 is 0 Å². The van der Waals surface area contributed by atoms with Crippen molar-refractivity contribution >= 4 is 17.7 Å². The zero-order chi connectivity index (χ0) is 19.1. The van der Waals surface area contributed by atoms with Gasteiger partial charge in [-0.05, 0) is 48.0 Å². The summed E-state index contributed by atoms with van der Waals surface area (Å²) in [5.74, 6) is 0.0176. The molecule has 1 N–H and O–H groups in total. The first-order valence-corrected chi connectivity index (χ1v) is 8.16. The molecule has 0 bridgehead atoms. The molecule has 3 aromatic carbocycles. The summed E-state index contributed by atoms with van der Waals surface area (Å²) < 4.78 is 19.1. The Morgan fingerprint density at radius 1 is 1.00 bits per heavy atom. The predicted octanol–water partition coefficient (Wildman–Crippen LogP) is 5.16. The second-order valence-corrected chi connectivity index (χ2v) is 5.59. The summed E-state index contributed by atoms with van der Waals surface area (Å²) in [5, 5.41) is 12.0. The van der Waals surface area contributed by atoms with E-state index in [1.54, 1.807) is 42.5 Å². The minimum atomic E-state index is -0.606. The number of para-hydroxylation sites is 3. The molecule has 132 valence electrons. The molecule has 3 rings (SSSR count). The van der Waals surface area contributed by atoms with Crippen LogP contribution in [0.1, 0.15) is 5.56 Å². The van der Waals surface area contributed by atoms with Crippen LogP contribution in [0.2, 0.25) is 0 Å². The highest BCUT2D eigenvalue weighted by molar-refractivity contribution is 6.10. The van der Waals surface area contributed by atoms with Crippen molar-refractivity contribution in [2.24, 2.45) is 0 Å². The number of hydrogen-bond donors (Lipinski definition) is 1. The summed E-state index contributed by atoms with van der Waals surface area (Å²) in [6, 6.07) is 23.6. The molecular formula is C22H15FN2O2. The highest BCUT2D eigenvalue weighted by Gasteiger charge is 2.13. The van der Waals surface area contributed by atoms with Crippen LogP contribution in [0.3, 0.4) is 0 Å². The normalized spacial score (nSPS) is 10.7. The van der Waals surface area contributed by atoms with Gasteiger partial charge in [0, 0.05) is 0 Å². The first-order chi connectivity index (χ1) is 13.2. The van der Waals surface area contributed by atoms with Crippen LogP contribution in [0, 0.1) is 17.1 Å². The van der Waals surface area contributed by atoms with E-state index in [2.05, 4.69) is 5.32 Å². The van der Waals surface area contributed by atoms with Crippen LogP contribution in [0.4, 0.5) is 10.1 Å². The fraction of sp³-hybridized carbons (Fsp3) is 0. The zero-order valence-electron chi connectivity index (χ0n) is 14.2. The van der Waals surface area contributed by atoms with Crippen LogP contribution < -0.4 is 10.1 Å². The van der Waals surface area contributed by atoms with Gasteiger partial charge in [-0.25, -0.2) is 4.39 Å². The zero-order valence-corrected chi connectivity index (χ0v) is 14.2. The Kier molecular flexibility index (Phi) is 5.60. The highest BCUT2D eigenvalue weighted by Crippen LogP contribution is 2.29. The Hall–Kier alpha value is -3.91. The lowest BCUT2D eigenvalue weighted by Crippen LogP contribution is -2.14. The summed E-state index contributed by atoms with van der Waals surface area (Å²) in [5.41, 5.74) is 0.706. The van der Waals surface area contributed by atoms with Crippen molar-refractivity contribution in [1.82, 2.24) is 0 Å². The third kappa shape index (κ3) is 4.80. The monoisotopic (exact) mass is 358 g/mol. The first-order valence-electron chi connectivity index (χ1n) is 8.16. The van der Waals surface area contributed by atoms with Crippen LogP contribution in [-0.4, -0.2) is 5.91 Å². The summed E-state index contributed by atoms with van der Waals surface area (Å²) >= 11 is 0. The fourth-order valence-corrected chi connectivity index (χ4v) is 2.38. The molecule has 3 aromatic rings. The SMILES string of the molecule is N#C/C(=C\c1cccc(F)c1)C(=O)Nc1ccccc1Oc1ccccc1. The molecule has 0 atom stereocenters. The van der Waals surface area contributed by atoms with E-state index in [0.29, 0.717) is 22.7 Å². The van der Waals surface area contributed by atoms with Gasteiger partial charge in [-0.3, -0.25) is 4.79 Å². The van der Waals surface area contributed by atoms with E-state index in [9.17, 15) is 14.4 Å². The molecule has 1 amide bonds. The van der Waals surface area contributed by atoms with Crippen molar-refractivity contribution in [2.75, 3.05) is 5.32 Å². The number of halogens is 1. The molecule has 0 saturated heterocycles. The van der Waals surface area contributed by atoms with Crippen molar-refractivity contribution in [3.05, 3.63) is 95.8 Å². The number of carbonyl (C=O) groups excluding carboxylic acids is 1. The van der Waals surface area contributed by atoms with Crippen LogP contribution >= 0.6 is 0 Å². The fourth-order valence-electron chi connectivity index (χ4n) is 2.38. The maximum Gasteiger partial charge on any atom is 0.266 e. The number of rotatable bonds is 5. The molecule has 5 heteroatoms. The molecule has 0 unspecified atom stereocenters. The van der Waals surface area contributed by atoms with Crippen molar-refractivity contribution in [3.8, 4) is 17.6 Å². The maximum atomic E-state index is 13.3. The maximum absolute atomic E-state index is 13.3. The van der Waals surface area contributed by atoms with Gasteiger partial charge >= 0.3 is 0 Å². The lowest BCUT2D eigenvalue weighted by molar-refractivity contribution is -0.112. The van der Waals surface area contributed by atoms with Gasteiger partial charge in [0.25, 0.3) is 5.91 Å². The number of hydrogen-bond acceptors (Lipinski definition) is 3. The third-order valence-electron chi connectivity index (χ3n) is 3.63. The summed E-state index contributed by atoms with van der Waals surface area (Å²) in [6.45, 7) is 0. The minimum Gasteiger partial charge on any atom is -0.455 e. The van der Waals surface area contributed by atoms with E-state index < -0.39 is 11.7 Å². The minimum absolute atomic E-state index is 0.143. The van der Waals surface area contributed by atoms with Gasteiger partial charge in [0.05, 0.1) is 5.69 Å². The van der Waals surface area contributed by atoms with Gasteiger partial charge in [-0.15, -0.1) is 0 Å². The molecule has 0 aliphatic heterocycles. The summed E-state index contributed by atoms with van der Waals surface area (Å²) in [7, 11) is 0. The molecule has 0 aliphatic rings. The quantitative estimate of drug-likeness (QED) is 0.506. The molecule has 0 aromatic heterocycles. The molecule has 0 saturated carbocycles. The smallest absolute Gasteiger partial charge is 0.266 e. The second kappa shape index (κ2) is 8.45. The van der Waals surface area contributed by atoms with Crippen LogP contribution in [0.25, 0.3) is 6.08 Å². The first kappa shape index (κ1) is 17.9. The lowest BCUT2D eigenvalue weighted by Gasteiger charge is -2.12. The molecular weight excluding hydrogens is 343 g/mol. The Bertz CT molecular complexity index is 1020. The highest BCUT2D eigenvalue weighted by atomic mass is 19.1. The number of benzene rings is 3. The van der Waals surface area contributed by atoms with Gasteiger partial charge < -0.3 is 10.1 Å². The summed E-state index contributed by atoms with van der Waals surface area (Å²) in [4.78, 5) is 12.5. The molecule has 0 radical (unpaired) electrons. The summed E-state index contributed by atoms with van der Waals surface area (Å²) in [6.07, 6.45) is 1.33. The van der Waals surface area contributed by atoms with Crippen LogP contribution in [0.15, 0.2) is 84.4 Å². The molecule has 0 heterocycles. The van der Waals surface area contributed by atoms with Gasteiger partial charge in [0.15, 0.2) is 5.75 Å². The number of carbonyl (C=O) groups is 1. The van der Waals surface area contributed by atoms with Crippen LogP contribution in [0.5, 0.6) is 11.5 Å². The Balaban J connectivity index is 1.82. The lowest BCUT2D eigenvalue weighted by atomic mass is 10.1. The van der Waals surface area contributed by atoms with Crippen LogP contribution in [-0.2, 0) is 4.79 Å². The average Bonchev–Trinajstić information content (AvgIpc) is 2.68. The number of amides is 1. The van der Waals surface area contributed by atoms with Gasteiger partial charge in [-0.1, -0.05) is 42.5 Å². The Morgan fingerprint density at radius 3 is 2.48 bits per heavy atom. The van der Waals surface area contributed by atoms with Crippen molar-refractivity contribution < 1.29 is 13.9 Å². The largest absolute Gasteiger partial charge is 0.455 e. The number of nitrogens with zero attached hydrogens (tertiary/aromatic N) is 1. The van der Waals surface area contributed by atoms with E-state index in [4.69, 9.17) is 4.74 Å². The van der Waals surface area contributed by atoms with E-state index in [1.165, 1.54) is 24.3 Å². The third-order valence-corrected chi connectivity index (χ3v) is 3.63. The Morgan fingerprint density at radius 2 is 1.74 bits per heavy atom. The van der Waals surface area contributed by atoms with E-state index in [1.807, 2.05) is 24.3 Å². The van der Waals surface area contributed by atoms with Crippen molar-refractivity contribution in [3.63, 3.8) is 0 Å². The standard InChI is InChI=1S/C22H15FN2O2/c23-18-8-6-7-16(14-18)13-17(15-24)22(26)25-20-11-4-5-12-21(20)27-19-9-2-1-3-10-19/h1-14H,(H,25,26)/b17-13+. The molecule has 0 aliphatic carbocycles. The van der Waals surface area contributed by atoms with E-state index in [0.717, 1.165) is 0 Å². The van der Waals surface area contributed by atoms with Crippen molar-refractivity contribution in [2.45, 2.75) is 0 Å². The second-order valence-electron chi connectivity index (χ2n) is 5.59. The number of nitriles is 1. The van der Waals surface area contributed by atoms with Gasteiger partial charge in [0.2, 0.25) is 0 Å².